The Morgan fingerprint density at radius 1 is 1.55 bits per heavy atom. The van der Waals surface area contributed by atoms with E-state index in [-0.39, 0.29) is 0 Å². The van der Waals surface area contributed by atoms with Gasteiger partial charge in [0.2, 0.25) is 0 Å². The summed E-state index contributed by atoms with van der Waals surface area (Å²) in [5.41, 5.74) is 0. The molecule has 2 atom stereocenters. The third-order valence-corrected chi connectivity index (χ3v) is 2.50. The van der Waals surface area contributed by atoms with E-state index in [1.807, 2.05) is 0 Å². The van der Waals surface area contributed by atoms with Gasteiger partial charge in [0, 0.05) is 19.8 Å². The topological polar surface area (TPSA) is 21.3 Å². The highest BCUT2D eigenvalue weighted by atomic mass is 16.5. The van der Waals surface area contributed by atoms with Gasteiger partial charge in [-0.15, -0.1) is 0 Å². The molecule has 2 unspecified atom stereocenters. The second kappa shape index (κ2) is 4.73. The largest absolute Gasteiger partial charge is 0.384 e. The van der Waals surface area contributed by atoms with Gasteiger partial charge in [-0.3, -0.25) is 0 Å². The van der Waals surface area contributed by atoms with Crippen molar-refractivity contribution in [2.75, 3.05) is 20.3 Å². The van der Waals surface area contributed by atoms with Crippen LogP contribution in [-0.2, 0) is 4.74 Å². The van der Waals surface area contributed by atoms with Gasteiger partial charge in [-0.1, -0.05) is 6.92 Å². The van der Waals surface area contributed by atoms with Crippen molar-refractivity contribution in [3.05, 3.63) is 0 Å². The van der Waals surface area contributed by atoms with E-state index < -0.39 is 0 Å². The van der Waals surface area contributed by atoms with Crippen LogP contribution in [0.25, 0.3) is 0 Å². The summed E-state index contributed by atoms with van der Waals surface area (Å²) < 4.78 is 5.15. The van der Waals surface area contributed by atoms with Crippen LogP contribution in [0.5, 0.6) is 0 Å². The number of piperidine rings is 1. The number of hydrogen-bond acceptors (Lipinski definition) is 2. The molecule has 0 bridgehead atoms. The van der Waals surface area contributed by atoms with E-state index in [0.29, 0.717) is 0 Å². The first kappa shape index (κ1) is 9.01. The van der Waals surface area contributed by atoms with Crippen LogP contribution in [0.1, 0.15) is 26.2 Å². The normalized spacial score (nSPS) is 32.2. The summed E-state index contributed by atoms with van der Waals surface area (Å²) in [6, 6.07) is 0.740. The van der Waals surface area contributed by atoms with Crippen molar-refractivity contribution < 1.29 is 4.74 Å². The molecule has 0 aromatic rings. The highest BCUT2D eigenvalue weighted by Gasteiger charge is 2.19. The molecule has 1 aliphatic heterocycles. The molecule has 0 aromatic heterocycles. The van der Waals surface area contributed by atoms with Crippen molar-refractivity contribution in [2.24, 2.45) is 5.92 Å². The number of hydrogen-bond donors (Lipinski definition) is 1. The Hall–Kier alpha value is -0.0800. The minimum Gasteiger partial charge on any atom is -0.384 e. The summed E-state index contributed by atoms with van der Waals surface area (Å²) in [6.07, 6.45) is 3.83. The van der Waals surface area contributed by atoms with Crippen LogP contribution in [0.2, 0.25) is 0 Å². The van der Waals surface area contributed by atoms with Crippen molar-refractivity contribution in [3.8, 4) is 0 Å². The standard InChI is InChI=1S/C9H19NO/c1-3-9-6-8(7-11-2)4-5-10-9/h8-10H,3-7H2,1-2H3. The summed E-state index contributed by atoms with van der Waals surface area (Å²) in [4.78, 5) is 0. The molecule has 1 aliphatic rings. The smallest absolute Gasteiger partial charge is 0.0491 e. The Balaban J connectivity index is 2.21. The van der Waals surface area contributed by atoms with Crippen LogP contribution in [-0.4, -0.2) is 26.3 Å². The lowest BCUT2D eigenvalue weighted by Crippen LogP contribution is -2.38. The molecule has 2 heteroatoms. The van der Waals surface area contributed by atoms with Crippen molar-refractivity contribution in [1.29, 1.82) is 0 Å². The minimum atomic E-state index is 0.740. The third kappa shape index (κ3) is 2.80. The summed E-state index contributed by atoms with van der Waals surface area (Å²) in [7, 11) is 1.79. The first-order chi connectivity index (χ1) is 5.36. The second-order valence-corrected chi connectivity index (χ2v) is 3.41. The molecule has 0 saturated carbocycles. The van der Waals surface area contributed by atoms with Gasteiger partial charge in [0.15, 0.2) is 0 Å². The highest BCUT2D eigenvalue weighted by molar-refractivity contribution is 4.76. The molecule has 11 heavy (non-hydrogen) atoms. The summed E-state index contributed by atoms with van der Waals surface area (Å²) in [5, 5.41) is 3.50. The molecule has 0 aromatic carbocycles. The lowest BCUT2D eigenvalue weighted by molar-refractivity contribution is 0.123. The highest BCUT2D eigenvalue weighted by Crippen LogP contribution is 2.17. The number of rotatable bonds is 3. The molecular weight excluding hydrogens is 138 g/mol. The van der Waals surface area contributed by atoms with Crippen LogP contribution >= 0.6 is 0 Å². The van der Waals surface area contributed by atoms with Crippen LogP contribution in [0, 0.1) is 5.92 Å². The maximum atomic E-state index is 5.15. The molecule has 1 heterocycles. The molecule has 1 fully saturated rings. The lowest BCUT2D eigenvalue weighted by atomic mass is 9.92. The van der Waals surface area contributed by atoms with Gasteiger partial charge < -0.3 is 10.1 Å². The molecule has 0 aliphatic carbocycles. The van der Waals surface area contributed by atoms with Crippen LogP contribution < -0.4 is 5.32 Å². The van der Waals surface area contributed by atoms with Gasteiger partial charge in [-0.25, -0.2) is 0 Å². The second-order valence-electron chi connectivity index (χ2n) is 3.41. The van der Waals surface area contributed by atoms with Crippen LogP contribution in [0.15, 0.2) is 0 Å². The number of ether oxygens (including phenoxy) is 1. The lowest BCUT2D eigenvalue weighted by Gasteiger charge is -2.29. The molecule has 0 spiro atoms. The summed E-state index contributed by atoms with van der Waals surface area (Å²) in [5.74, 6) is 0.797. The fourth-order valence-corrected chi connectivity index (χ4v) is 1.79. The van der Waals surface area contributed by atoms with E-state index in [1.165, 1.54) is 25.8 Å². The SMILES string of the molecule is CCC1CC(COC)CCN1. The zero-order chi connectivity index (χ0) is 8.10. The number of nitrogens with one attached hydrogen (secondary N) is 1. The van der Waals surface area contributed by atoms with E-state index in [2.05, 4.69) is 12.2 Å². The zero-order valence-electron chi connectivity index (χ0n) is 7.60. The summed E-state index contributed by atoms with van der Waals surface area (Å²) in [6.45, 7) is 4.36. The Bertz CT molecular complexity index is 104. The Kier molecular flexibility index (Phi) is 3.87. The Morgan fingerprint density at radius 2 is 2.36 bits per heavy atom. The molecule has 66 valence electrons. The summed E-state index contributed by atoms with van der Waals surface area (Å²) >= 11 is 0. The molecule has 1 saturated heterocycles. The van der Waals surface area contributed by atoms with Crippen LogP contribution in [0.3, 0.4) is 0 Å². The quantitative estimate of drug-likeness (QED) is 0.669. The van der Waals surface area contributed by atoms with Gasteiger partial charge in [0.25, 0.3) is 0 Å². The van der Waals surface area contributed by atoms with E-state index in [9.17, 15) is 0 Å². The number of methoxy groups -OCH3 is 1. The first-order valence-electron chi connectivity index (χ1n) is 4.59. The fourth-order valence-electron chi connectivity index (χ4n) is 1.79. The van der Waals surface area contributed by atoms with Gasteiger partial charge in [0.1, 0.15) is 0 Å². The molecule has 1 N–H and O–H groups in total. The van der Waals surface area contributed by atoms with Gasteiger partial charge in [-0.2, -0.15) is 0 Å². The molecular formula is C9H19NO. The third-order valence-electron chi connectivity index (χ3n) is 2.50. The van der Waals surface area contributed by atoms with Crippen molar-refractivity contribution in [2.45, 2.75) is 32.2 Å². The predicted molar refractivity (Wildman–Crippen MR) is 46.7 cm³/mol. The van der Waals surface area contributed by atoms with Gasteiger partial charge >= 0.3 is 0 Å². The van der Waals surface area contributed by atoms with Crippen molar-refractivity contribution in [3.63, 3.8) is 0 Å². The first-order valence-corrected chi connectivity index (χ1v) is 4.59. The molecule has 2 nitrogen and oxygen atoms in total. The van der Waals surface area contributed by atoms with Crippen LogP contribution in [0.4, 0.5) is 0 Å². The molecule has 1 rings (SSSR count). The van der Waals surface area contributed by atoms with Gasteiger partial charge in [0.05, 0.1) is 0 Å². The average molecular weight is 157 g/mol. The average Bonchev–Trinajstić information content (AvgIpc) is 2.06. The van der Waals surface area contributed by atoms with Crippen molar-refractivity contribution in [1.82, 2.24) is 5.32 Å². The van der Waals surface area contributed by atoms with E-state index in [4.69, 9.17) is 4.74 Å². The maximum Gasteiger partial charge on any atom is 0.0491 e. The van der Waals surface area contributed by atoms with Crippen molar-refractivity contribution >= 4 is 0 Å². The monoisotopic (exact) mass is 157 g/mol. The maximum absolute atomic E-state index is 5.15. The predicted octanol–water partition coefficient (Wildman–Crippen LogP) is 1.41. The van der Waals surface area contributed by atoms with E-state index in [1.54, 1.807) is 7.11 Å². The minimum absolute atomic E-state index is 0.740. The van der Waals surface area contributed by atoms with E-state index in [0.717, 1.165) is 18.6 Å². The zero-order valence-corrected chi connectivity index (χ0v) is 7.60. The Labute approximate surface area is 69.3 Å². The molecule has 0 amide bonds. The van der Waals surface area contributed by atoms with E-state index >= 15 is 0 Å². The molecule has 0 radical (unpaired) electrons. The van der Waals surface area contributed by atoms with Gasteiger partial charge in [-0.05, 0) is 31.7 Å². The Morgan fingerprint density at radius 3 is 3.00 bits per heavy atom. The fraction of sp³-hybridized carbons (Fsp3) is 1.00.